The van der Waals surface area contributed by atoms with Crippen LogP contribution in [0.2, 0.25) is 0 Å². The maximum Gasteiger partial charge on any atom is 0.209 e. The molecule has 15 heavy (non-hydrogen) atoms. The topological polar surface area (TPSA) is 71.7 Å². The number of aliphatic imine (C=N–C) groups is 1. The highest BCUT2D eigenvalue weighted by molar-refractivity contribution is 5.93. The number of hydrazine groups is 1. The van der Waals surface area contributed by atoms with Gasteiger partial charge in [-0.1, -0.05) is 0 Å². The number of guanidine groups is 1. The zero-order valence-electron chi connectivity index (χ0n) is 8.95. The minimum absolute atomic E-state index is 0.513. The zero-order chi connectivity index (χ0) is 11.1. The molecule has 0 spiro atoms. The summed E-state index contributed by atoms with van der Waals surface area (Å²) in [7, 11) is 1.65. The summed E-state index contributed by atoms with van der Waals surface area (Å²) in [5.41, 5.74) is 3.35. The molecule has 5 heteroatoms. The second kappa shape index (κ2) is 5.87. The molecule has 0 fully saturated rings. The van der Waals surface area contributed by atoms with Gasteiger partial charge in [-0.25, -0.2) is 5.84 Å². The first-order valence-electron chi connectivity index (χ1n) is 4.73. The van der Waals surface area contributed by atoms with E-state index < -0.39 is 0 Å². The molecule has 0 radical (unpaired) electrons. The highest BCUT2D eigenvalue weighted by Crippen LogP contribution is 2.15. The van der Waals surface area contributed by atoms with E-state index in [1.165, 1.54) is 0 Å². The summed E-state index contributed by atoms with van der Waals surface area (Å²) in [6.07, 6.45) is 0. The molecule has 1 rings (SSSR count). The Morgan fingerprint density at radius 2 is 2.07 bits per heavy atom. The van der Waals surface area contributed by atoms with Crippen molar-refractivity contribution in [3.63, 3.8) is 0 Å². The number of hydrogen-bond acceptors (Lipinski definition) is 3. The van der Waals surface area contributed by atoms with Crippen LogP contribution in [0.15, 0.2) is 29.3 Å². The van der Waals surface area contributed by atoms with Crippen LogP contribution in [0.3, 0.4) is 0 Å². The molecule has 0 unspecified atom stereocenters. The molecular weight excluding hydrogens is 192 g/mol. The van der Waals surface area contributed by atoms with Gasteiger partial charge >= 0.3 is 0 Å². The van der Waals surface area contributed by atoms with Crippen LogP contribution in [0.5, 0.6) is 5.75 Å². The Hall–Kier alpha value is -1.75. The van der Waals surface area contributed by atoms with E-state index in [0.29, 0.717) is 12.6 Å². The van der Waals surface area contributed by atoms with Crippen LogP contribution in [0.1, 0.15) is 6.92 Å². The SMILES string of the molecule is CCOc1ccc(NC(=NC)NN)cc1. The highest BCUT2D eigenvalue weighted by atomic mass is 16.5. The average molecular weight is 208 g/mol. The van der Waals surface area contributed by atoms with Gasteiger partial charge in [-0.2, -0.15) is 0 Å². The van der Waals surface area contributed by atoms with Crippen molar-refractivity contribution >= 4 is 11.6 Å². The van der Waals surface area contributed by atoms with Gasteiger partial charge in [-0.05, 0) is 31.2 Å². The molecule has 4 N–H and O–H groups in total. The van der Waals surface area contributed by atoms with Gasteiger partial charge in [0.05, 0.1) is 6.61 Å². The number of hydrogen-bond donors (Lipinski definition) is 3. The molecule has 82 valence electrons. The number of benzene rings is 1. The number of nitrogens with zero attached hydrogens (tertiary/aromatic N) is 1. The summed E-state index contributed by atoms with van der Waals surface area (Å²) in [5, 5.41) is 3.01. The van der Waals surface area contributed by atoms with E-state index in [1.807, 2.05) is 31.2 Å². The molecule has 0 aliphatic rings. The number of nitrogens with one attached hydrogen (secondary N) is 2. The van der Waals surface area contributed by atoms with E-state index in [4.69, 9.17) is 10.6 Å². The molecule has 0 saturated heterocycles. The van der Waals surface area contributed by atoms with E-state index in [0.717, 1.165) is 11.4 Å². The molecule has 0 bridgehead atoms. The normalized spacial score (nSPS) is 11.0. The lowest BCUT2D eigenvalue weighted by Crippen LogP contribution is -2.35. The first-order chi connectivity index (χ1) is 7.30. The maximum absolute atomic E-state index is 5.32. The zero-order valence-corrected chi connectivity index (χ0v) is 8.95. The van der Waals surface area contributed by atoms with Crippen molar-refractivity contribution in [1.82, 2.24) is 5.43 Å². The van der Waals surface area contributed by atoms with Crippen LogP contribution in [-0.2, 0) is 0 Å². The fraction of sp³-hybridized carbons (Fsp3) is 0.300. The van der Waals surface area contributed by atoms with Crippen molar-refractivity contribution < 1.29 is 4.74 Å². The minimum atomic E-state index is 0.513. The molecule has 0 aliphatic heterocycles. The molecule has 0 saturated carbocycles. The first kappa shape index (κ1) is 11.3. The van der Waals surface area contributed by atoms with Gasteiger partial charge in [0.2, 0.25) is 5.96 Å². The minimum Gasteiger partial charge on any atom is -0.494 e. The van der Waals surface area contributed by atoms with E-state index in [9.17, 15) is 0 Å². The van der Waals surface area contributed by atoms with Gasteiger partial charge in [0.25, 0.3) is 0 Å². The van der Waals surface area contributed by atoms with Gasteiger partial charge in [0.1, 0.15) is 5.75 Å². The molecule has 0 heterocycles. The lowest BCUT2D eigenvalue weighted by Gasteiger charge is -2.09. The Balaban J connectivity index is 2.64. The van der Waals surface area contributed by atoms with Crippen LogP contribution >= 0.6 is 0 Å². The van der Waals surface area contributed by atoms with Gasteiger partial charge in [0, 0.05) is 12.7 Å². The van der Waals surface area contributed by atoms with E-state index in [2.05, 4.69) is 15.7 Å². The van der Waals surface area contributed by atoms with Gasteiger partial charge in [-0.15, -0.1) is 0 Å². The number of ether oxygens (including phenoxy) is 1. The second-order valence-electron chi connectivity index (χ2n) is 2.80. The molecule has 0 aromatic heterocycles. The molecule has 0 atom stereocenters. The molecule has 1 aromatic carbocycles. The molecule has 5 nitrogen and oxygen atoms in total. The lowest BCUT2D eigenvalue weighted by atomic mass is 10.3. The van der Waals surface area contributed by atoms with Crippen LogP contribution in [0.25, 0.3) is 0 Å². The smallest absolute Gasteiger partial charge is 0.209 e. The second-order valence-corrected chi connectivity index (χ2v) is 2.80. The Morgan fingerprint density at radius 3 is 2.53 bits per heavy atom. The number of nitrogens with two attached hydrogens (primary N) is 1. The average Bonchev–Trinajstić information content (AvgIpc) is 2.28. The van der Waals surface area contributed by atoms with Gasteiger partial charge in [0.15, 0.2) is 0 Å². The Labute approximate surface area is 89.3 Å². The largest absolute Gasteiger partial charge is 0.494 e. The molecule has 0 amide bonds. The number of anilines is 1. The maximum atomic E-state index is 5.32. The summed E-state index contributed by atoms with van der Waals surface area (Å²) in [6, 6.07) is 7.56. The third kappa shape index (κ3) is 3.47. The third-order valence-corrected chi connectivity index (χ3v) is 1.79. The van der Waals surface area contributed by atoms with Crippen LogP contribution < -0.4 is 21.3 Å². The standard InChI is InChI=1S/C10H16N4O/c1-3-15-9-6-4-8(5-7-9)13-10(12-2)14-11/h4-7H,3,11H2,1-2H3,(H2,12,13,14). The van der Waals surface area contributed by atoms with E-state index in [1.54, 1.807) is 7.05 Å². The van der Waals surface area contributed by atoms with Crippen molar-refractivity contribution in [3.8, 4) is 5.75 Å². The first-order valence-corrected chi connectivity index (χ1v) is 4.73. The lowest BCUT2D eigenvalue weighted by molar-refractivity contribution is 0.340. The van der Waals surface area contributed by atoms with Gasteiger partial charge < -0.3 is 10.1 Å². The fourth-order valence-electron chi connectivity index (χ4n) is 1.09. The van der Waals surface area contributed by atoms with Crippen molar-refractivity contribution in [3.05, 3.63) is 24.3 Å². The predicted molar refractivity (Wildman–Crippen MR) is 61.9 cm³/mol. The molecule has 1 aromatic rings. The van der Waals surface area contributed by atoms with Gasteiger partial charge in [-0.3, -0.25) is 10.4 Å². The van der Waals surface area contributed by atoms with Crippen molar-refractivity contribution in [1.29, 1.82) is 0 Å². The highest BCUT2D eigenvalue weighted by Gasteiger charge is 1.97. The molecule has 0 aliphatic carbocycles. The van der Waals surface area contributed by atoms with Crippen LogP contribution in [0, 0.1) is 0 Å². The quantitative estimate of drug-likeness (QED) is 0.299. The fourth-order valence-corrected chi connectivity index (χ4v) is 1.09. The third-order valence-electron chi connectivity index (χ3n) is 1.79. The predicted octanol–water partition coefficient (Wildman–Crippen LogP) is 0.946. The summed E-state index contributed by atoms with van der Waals surface area (Å²) in [6.45, 7) is 2.62. The van der Waals surface area contributed by atoms with E-state index in [-0.39, 0.29) is 0 Å². The van der Waals surface area contributed by atoms with Crippen molar-refractivity contribution in [2.24, 2.45) is 10.8 Å². The van der Waals surface area contributed by atoms with Crippen molar-refractivity contribution in [2.45, 2.75) is 6.92 Å². The Bertz CT molecular complexity index is 321. The summed E-state index contributed by atoms with van der Waals surface area (Å²) in [5.74, 6) is 6.60. The van der Waals surface area contributed by atoms with E-state index >= 15 is 0 Å². The summed E-state index contributed by atoms with van der Waals surface area (Å²) in [4.78, 5) is 3.90. The van der Waals surface area contributed by atoms with Crippen LogP contribution in [0.4, 0.5) is 5.69 Å². The summed E-state index contributed by atoms with van der Waals surface area (Å²) < 4.78 is 5.32. The molecular formula is C10H16N4O. The summed E-state index contributed by atoms with van der Waals surface area (Å²) >= 11 is 0. The van der Waals surface area contributed by atoms with Crippen molar-refractivity contribution in [2.75, 3.05) is 19.0 Å². The Kier molecular flexibility index (Phi) is 4.43. The number of rotatable bonds is 3. The Morgan fingerprint density at radius 1 is 1.40 bits per heavy atom. The monoisotopic (exact) mass is 208 g/mol. The van der Waals surface area contributed by atoms with Crippen LogP contribution in [-0.4, -0.2) is 19.6 Å².